The van der Waals surface area contributed by atoms with Gasteiger partial charge in [-0.15, -0.1) is 0 Å². The van der Waals surface area contributed by atoms with Gasteiger partial charge in [0, 0.05) is 31.5 Å². The summed E-state index contributed by atoms with van der Waals surface area (Å²) in [5.74, 6) is 0.932. The van der Waals surface area contributed by atoms with Gasteiger partial charge in [0.05, 0.1) is 12.7 Å². The molecule has 4 heteroatoms. The first-order chi connectivity index (χ1) is 8.40. The topological polar surface area (TPSA) is 43.4 Å². The zero-order valence-electron chi connectivity index (χ0n) is 10.3. The number of nitrogens with zero attached hydrogens (tertiary/aromatic N) is 1. The van der Waals surface area contributed by atoms with Crippen molar-refractivity contribution in [1.82, 2.24) is 4.98 Å². The predicted octanol–water partition coefficient (Wildman–Crippen LogP) is 2.21. The monoisotopic (exact) mass is 236 g/mol. The van der Waals surface area contributed by atoms with E-state index in [0.717, 1.165) is 44.0 Å². The van der Waals surface area contributed by atoms with E-state index >= 15 is 0 Å². The van der Waals surface area contributed by atoms with Crippen LogP contribution in [0.15, 0.2) is 18.3 Å². The van der Waals surface area contributed by atoms with E-state index in [1.54, 1.807) is 6.20 Å². The summed E-state index contributed by atoms with van der Waals surface area (Å²) >= 11 is 0. The van der Waals surface area contributed by atoms with Crippen LogP contribution in [0.3, 0.4) is 0 Å². The Bertz CT molecular complexity index is 338. The van der Waals surface area contributed by atoms with E-state index in [0.29, 0.717) is 12.7 Å². The molecule has 0 aromatic carbocycles. The third kappa shape index (κ3) is 3.68. The highest BCUT2D eigenvalue weighted by Gasteiger charge is 2.14. The Balaban J connectivity index is 1.88. The summed E-state index contributed by atoms with van der Waals surface area (Å²) in [5, 5.41) is 3.25. The molecule has 1 N–H and O–H groups in total. The average molecular weight is 236 g/mol. The van der Waals surface area contributed by atoms with Gasteiger partial charge >= 0.3 is 0 Å². The third-order valence-electron chi connectivity index (χ3n) is 2.88. The van der Waals surface area contributed by atoms with Gasteiger partial charge in [0.2, 0.25) is 0 Å². The van der Waals surface area contributed by atoms with E-state index in [4.69, 9.17) is 9.47 Å². The smallest absolute Gasteiger partial charge is 0.131 e. The van der Waals surface area contributed by atoms with Crippen molar-refractivity contribution >= 4 is 5.82 Å². The summed E-state index contributed by atoms with van der Waals surface area (Å²) in [6, 6.07) is 4.01. The Morgan fingerprint density at radius 2 is 2.29 bits per heavy atom. The van der Waals surface area contributed by atoms with Crippen LogP contribution in [0.1, 0.15) is 25.3 Å². The number of hydrogen-bond acceptors (Lipinski definition) is 4. The lowest BCUT2D eigenvalue weighted by Gasteiger charge is -2.22. The molecular formula is C13H20N2O2. The van der Waals surface area contributed by atoms with Gasteiger partial charge in [-0.05, 0) is 25.8 Å². The molecule has 2 rings (SSSR count). The maximum Gasteiger partial charge on any atom is 0.131 e. The number of rotatable bonds is 5. The first-order valence-electron chi connectivity index (χ1n) is 6.27. The molecule has 2 heterocycles. The van der Waals surface area contributed by atoms with Gasteiger partial charge in [-0.25, -0.2) is 4.98 Å². The fraction of sp³-hybridized carbons (Fsp3) is 0.615. The number of nitrogens with one attached hydrogen (secondary N) is 1. The molecule has 0 saturated carbocycles. The van der Waals surface area contributed by atoms with Crippen molar-refractivity contribution in [1.29, 1.82) is 0 Å². The quantitative estimate of drug-likeness (QED) is 0.851. The van der Waals surface area contributed by atoms with Crippen molar-refractivity contribution < 1.29 is 9.47 Å². The molecule has 17 heavy (non-hydrogen) atoms. The van der Waals surface area contributed by atoms with Gasteiger partial charge in [-0.1, -0.05) is 6.07 Å². The minimum Gasteiger partial charge on any atom is -0.381 e. The van der Waals surface area contributed by atoms with E-state index in [9.17, 15) is 0 Å². The zero-order chi connectivity index (χ0) is 11.9. The molecule has 4 nitrogen and oxygen atoms in total. The molecule has 94 valence electrons. The van der Waals surface area contributed by atoms with E-state index < -0.39 is 0 Å². The van der Waals surface area contributed by atoms with Gasteiger partial charge in [-0.2, -0.15) is 0 Å². The van der Waals surface area contributed by atoms with Crippen molar-refractivity contribution in [2.45, 2.75) is 32.5 Å². The molecule has 0 atom stereocenters. The molecule has 1 saturated heterocycles. The highest BCUT2D eigenvalue weighted by Crippen LogP contribution is 2.17. The Morgan fingerprint density at radius 1 is 1.47 bits per heavy atom. The molecule has 1 aliphatic heterocycles. The maximum atomic E-state index is 5.90. The second-order valence-corrected chi connectivity index (χ2v) is 4.16. The van der Waals surface area contributed by atoms with E-state index in [1.165, 1.54) is 0 Å². The Kier molecular flexibility index (Phi) is 4.76. The van der Waals surface area contributed by atoms with Crippen LogP contribution in [0.4, 0.5) is 5.82 Å². The molecule has 1 aliphatic rings. The van der Waals surface area contributed by atoms with Gasteiger partial charge in [-0.3, -0.25) is 0 Å². The van der Waals surface area contributed by atoms with Gasteiger partial charge in [0.15, 0.2) is 0 Å². The van der Waals surface area contributed by atoms with Crippen molar-refractivity contribution in [3.05, 3.63) is 23.9 Å². The molecule has 0 aliphatic carbocycles. The minimum atomic E-state index is 0.332. The second kappa shape index (κ2) is 6.57. The summed E-state index contributed by atoms with van der Waals surface area (Å²) in [7, 11) is 0. The Hall–Kier alpha value is -1.13. The van der Waals surface area contributed by atoms with E-state index in [2.05, 4.69) is 23.3 Å². The Morgan fingerprint density at radius 3 is 3.06 bits per heavy atom. The van der Waals surface area contributed by atoms with Gasteiger partial charge in [0.1, 0.15) is 5.82 Å². The van der Waals surface area contributed by atoms with Crippen LogP contribution in [0, 0.1) is 0 Å². The largest absolute Gasteiger partial charge is 0.381 e. The SMILES string of the molecule is CCNc1ncccc1COC1CCOCC1. The molecule has 1 aromatic heterocycles. The lowest BCUT2D eigenvalue weighted by Crippen LogP contribution is -2.23. The molecule has 0 radical (unpaired) electrons. The Labute approximate surface area is 102 Å². The minimum absolute atomic E-state index is 0.332. The lowest BCUT2D eigenvalue weighted by molar-refractivity contribution is -0.0389. The lowest BCUT2D eigenvalue weighted by atomic mass is 10.1. The predicted molar refractivity (Wildman–Crippen MR) is 67.0 cm³/mol. The van der Waals surface area contributed by atoms with Crippen LogP contribution in [0.2, 0.25) is 0 Å². The van der Waals surface area contributed by atoms with Gasteiger partial charge in [0.25, 0.3) is 0 Å². The molecule has 1 aromatic rings. The van der Waals surface area contributed by atoms with Gasteiger partial charge < -0.3 is 14.8 Å². The van der Waals surface area contributed by atoms with Crippen LogP contribution in [-0.2, 0) is 16.1 Å². The zero-order valence-corrected chi connectivity index (χ0v) is 10.3. The van der Waals surface area contributed by atoms with Crippen LogP contribution >= 0.6 is 0 Å². The highest BCUT2D eigenvalue weighted by molar-refractivity contribution is 5.42. The number of anilines is 1. The molecule has 0 spiro atoms. The summed E-state index contributed by atoms with van der Waals surface area (Å²) < 4.78 is 11.2. The fourth-order valence-electron chi connectivity index (χ4n) is 1.93. The summed E-state index contributed by atoms with van der Waals surface area (Å²) in [4.78, 5) is 4.32. The molecule has 1 fully saturated rings. The van der Waals surface area contributed by atoms with Crippen LogP contribution < -0.4 is 5.32 Å². The second-order valence-electron chi connectivity index (χ2n) is 4.16. The summed E-state index contributed by atoms with van der Waals surface area (Å²) in [6.45, 7) is 5.20. The first kappa shape index (κ1) is 12.3. The van der Waals surface area contributed by atoms with E-state index in [-0.39, 0.29) is 0 Å². The molecule has 0 amide bonds. The number of ether oxygens (including phenoxy) is 2. The van der Waals surface area contributed by atoms with Crippen molar-refractivity contribution in [2.24, 2.45) is 0 Å². The summed E-state index contributed by atoms with van der Waals surface area (Å²) in [6.07, 6.45) is 4.13. The van der Waals surface area contributed by atoms with Crippen LogP contribution in [0.5, 0.6) is 0 Å². The van der Waals surface area contributed by atoms with Crippen LogP contribution in [-0.4, -0.2) is 30.8 Å². The van der Waals surface area contributed by atoms with Crippen LogP contribution in [0.25, 0.3) is 0 Å². The number of pyridine rings is 1. The maximum absolute atomic E-state index is 5.90. The van der Waals surface area contributed by atoms with Crippen molar-refractivity contribution in [3.63, 3.8) is 0 Å². The average Bonchev–Trinajstić information content (AvgIpc) is 2.39. The highest BCUT2D eigenvalue weighted by atomic mass is 16.5. The fourth-order valence-corrected chi connectivity index (χ4v) is 1.93. The van der Waals surface area contributed by atoms with E-state index in [1.807, 2.05) is 6.07 Å². The number of aromatic nitrogens is 1. The number of hydrogen-bond donors (Lipinski definition) is 1. The first-order valence-corrected chi connectivity index (χ1v) is 6.27. The molecule has 0 unspecified atom stereocenters. The normalized spacial score (nSPS) is 17.0. The summed E-state index contributed by atoms with van der Waals surface area (Å²) in [5.41, 5.74) is 1.13. The molecule has 0 bridgehead atoms. The molecular weight excluding hydrogens is 216 g/mol. The third-order valence-corrected chi connectivity index (χ3v) is 2.88. The van der Waals surface area contributed by atoms with Crippen molar-refractivity contribution in [2.75, 3.05) is 25.1 Å². The van der Waals surface area contributed by atoms with Crippen molar-refractivity contribution in [3.8, 4) is 0 Å². The standard InChI is InChI=1S/C13H20N2O2/c1-2-14-13-11(4-3-7-15-13)10-17-12-5-8-16-9-6-12/h3-4,7,12H,2,5-6,8-10H2,1H3,(H,14,15).